The second kappa shape index (κ2) is 6.55. The molecule has 1 aromatic rings. The van der Waals surface area contributed by atoms with Gasteiger partial charge in [0.05, 0.1) is 0 Å². The van der Waals surface area contributed by atoms with E-state index in [2.05, 4.69) is 24.0 Å². The van der Waals surface area contributed by atoms with E-state index in [-0.39, 0.29) is 0 Å². The third-order valence-corrected chi connectivity index (χ3v) is 3.98. The maximum absolute atomic E-state index is 6.19. The van der Waals surface area contributed by atoms with Crippen molar-refractivity contribution in [1.29, 1.82) is 0 Å². The van der Waals surface area contributed by atoms with Crippen LogP contribution in [0.5, 0.6) is 0 Å². The molecule has 0 aromatic heterocycles. The number of hydrogen-bond acceptors (Lipinski definition) is 2. The van der Waals surface area contributed by atoms with Gasteiger partial charge in [0.2, 0.25) is 0 Å². The molecule has 2 atom stereocenters. The van der Waals surface area contributed by atoms with E-state index in [4.69, 9.17) is 17.3 Å². The molecule has 100 valence electrons. The fourth-order valence-corrected chi connectivity index (χ4v) is 2.90. The van der Waals surface area contributed by atoms with Crippen LogP contribution in [0.25, 0.3) is 0 Å². The van der Waals surface area contributed by atoms with Crippen LogP contribution in [0, 0.1) is 0 Å². The average molecular weight is 267 g/mol. The minimum absolute atomic E-state index is 0.302. The van der Waals surface area contributed by atoms with Crippen LogP contribution in [0.15, 0.2) is 24.3 Å². The van der Waals surface area contributed by atoms with Gasteiger partial charge in [0.15, 0.2) is 0 Å². The van der Waals surface area contributed by atoms with Gasteiger partial charge in [0, 0.05) is 24.2 Å². The van der Waals surface area contributed by atoms with Crippen molar-refractivity contribution in [2.75, 3.05) is 19.6 Å². The Balaban J connectivity index is 2.01. The number of nitrogens with zero attached hydrogens (tertiary/aromatic N) is 1. The summed E-state index contributed by atoms with van der Waals surface area (Å²) in [5.41, 5.74) is 7.56. The zero-order valence-electron chi connectivity index (χ0n) is 11.1. The Kier molecular flexibility index (Phi) is 5.04. The van der Waals surface area contributed by atoms with Gasteiger partial charge in [-0.25, -0.2) is 0 Å². The normalized spacial score (nSPS) is 25.3. The number of halogens is 1. The Morgan fingerprint density at radius 2 is 2.00 bits per heavy atom. The highest BCUT2D eigenvalue weighted by Gasteiger charge is 2.25. The molecule has 1 aliphatic rings. The number of benzene rings is 1. The lowest BCUT2D eigenvalue weighted by molar-refractivity contribution is 0.186. The van der Waals surface area contributed by atoms with E-state index < -0.39 is 0 Å². The fraction of sp³-hybridized carbons (Fsp3) is 0.600. The highest BCUT2D eigenvalue weighted by Crippen LogP contribution is 2.27. The third kappa shape index (κ3) is 3.71. The highest BCUT2D eigenvalue weighted by atomic mass is 35.5. The molecule has 0 saturated carbocycles. The van der Waals surface area contributed by atoms with Crippen molar-refractivity contribution in [1.82, 2.24) is 4.90 Å². The number of nitrogens with two attached hydrogens (primary N) is 1. The molecular formula is C15H23ClN2. The first kappa shape index (κ1) is 13.9. The van der Waals surface area contributed by atoms with Gasteiger partial charge >= 0.3 is 0 Å². The van der Waals surface area contributed by atoms with Crippen LogP contribution in [-0.4, -0.2) is 30.6 Å². The lowest BCUT2D eigenvalue weighted by atomic mass is 9.88. The van der Waals surface area contributed by atoms with E-state index in [0.29, 0.717) is 12.0 Å². The van der Waals surface area contributed by atoms with Crippen molar-refractivity contribution in [3.63, 3.8) is 0 Å². The Morgan fingerprint density at radius 3 is 2.67 bits per heavy atom. The van der Waals surface area contributed by atoms with Crippen molar-refractivity contribution in [2.24, 2.45) is 5.73 Å². The van der Waals surface area contributed by atoms with Gasteiger partial charge in [-0.2, -0.15) is 0 Å². The van der Waals surface area contributed by atoms with E-state index in [1.54, 1.807) is 0 Å². The van der Waals surface area contributed by atoms with Crippen LogP contribution in [0.1, 0.15) is 37.7 Å². The summed E-state index contributed by atoms with van der Waals surface area (Å²) in [7, 11) is 0. The summed E-state index contributed by atoms with van der Waals surface area (Å²) in [4.78, 5) is 2.51. The Labute approximate surface area is 115 Å². The van der Waals surface area contributed by atoms with Gasteiger partial charge in [0.1, 0.15) is 0 Å². The minimum Gasteiger partial charge on any atom is -0.327 e. The Morgan fingerprint density at radius 1 is 1.28 bits per heavy atom. The quantitative estimate of drug-likeness (QED) is 0.906. The first-order valence-corrected chi connectivity index (χ1v) is 7.30. The first-order chi connectivity index (χ1) is 8.69. The molecule has 2 unspecified atom stereocenters. The van der Waals surface area contributed by atoms with Gasteiger partial charge in [-0.1, -0.05) is 37.1 Å². The molecule has 1 fully saturated rings. The molecule has 1 aromatic carbocycles. The van der Waals surface area contributed by atoms with Crippen LogP contribution < -0.4 is 5.73 Å². The first-order valence-electron chi connectivity index (χ1n) is 6.92. The fourth-order valence-electron chi connectivity index (χ4n) is 2.77. The molecule has 0 radical (unpaired) electrons. The van der Waals surface area contributed by atoms with E-state index in [9.17, 15) is 0 Å². The SMILES string of the molecule is CCCCN1CC(N)CC(c2ccc(Cl)cc2)C1. The van der Waals surface area contributed by atoms with E-state index in [1.807, 2.05) is 12.1 Å². The van der Waals surface area contributed by atoms with Crippen molar-refractivity contribution in [3.05, 3.63) is 34.9 Å². The number of likely N-dealkylation sites (tertiary alicyclic amines) is 1. The number of piperidine rings is 1. The van der Waals surface area contributed by atoms with Gasteiger partial charge in [-0.05, 0) is 43.0 Å². The van der Waals surface area contributed by atoms with Crippen molar-refractivity contribution >= 4 is 11.6 Å². The Bertz CT molecular complexity index is 363. The van der Waals surface area contributed by atoms with Gasteiger partial charge < -0.3 is 10.6 Å². The van der Waals surface area contributed by atoms with Crippen LogP contribution in [0.4, 0.5) is 0 Å². The van der Waals surface area contributed by atoms with Crippen molar-refractivity contribution in [2.45, 2.75) is 38.1 Å². The predicted molar refractivity (Wildman–Crippen MR) is 78.1 cm³/mol. The predicted octanol–water partition coefficient (Wildman–Crippen LogP) is 3.26. The second-order valence-electron chi connectivity index (χ2n) is 5.36. The van der Waals surface area contributed by atoms with E-state index >= 15 is 0 Å². The second-order valence-corrected chi connectivity index (χ2v) is 5.79. The molecule has 0 aliphatic carbocycles. The molecule has 2 N–H and O–H groups in total. The zero-order chi connectivity index (χ0) is 13.0. The molecule has 1 heterocycles. The standard InChI is InChI=1S/C15H23ClN2/c1-2-3-8-18-10-13(9-15(17)11-18)12-4-6-14(16)7-5-12/h4-7,13,15H,2-3,8-11,17H2,1H3. The Hall–Kier alpha value is -0.570. The van der Waals surface area contributed by atoms with E-state index in [1.165, 1.54) is 24.9 Å². The van der Waals surface area contributed by atoms with Gasteiger partial charge in [0.25, 0.3) is 0 Å². The zero-order valence-corrected chi connectivity index (χ0v) is 11.9. The van der Waals surface area contributed by atoms with E-state index in [0.717, 1.165) is 24.5 Å². The third-order valence-electron chi connectivity index (χ3n) is 3.73. The van der Waals surface area contributed by atoms with Gasteiger partial charge in [-0.3, -0.25) is 0 Å². The molecule has 1 aliphatic heterocycles. The summed E-state index contributed by atoms with van der Waals surface area (Å²) in [5, 5.41) is 0.807. The molecule has 18 heavy (non-hydrogen) atoms. The molecule has 2 rings (SSSR count). The topological polar surface area (TPSA) is 29.3 Å². The minimum atomic E-state index is 0.302. The van der Waals surface area contributed by atoms with Crippen LogP contribution in [-0.2, 0) is 0 Å². The summed E-state index contributed by atoms with van der Waals surface area (Å²) < 4.78 is 0. The number of hydrogen-bond donors (Lipinski definition) is 1. The summed E-state index contributed by atoms with van der Waals surface area (Å²) in [6.07, 6.45) is 3.60. The van der Waals surface area contributed by atoms with Crippen LogP contribution >= 0.6 is 11.6 Å². The van der Waals surface area contributed by atoms with Gasteiger partial charge in [-0.15, -0.1) is 0 Å². The maximum atomic E-state index is 6.19. The lowest BCUT2D eigenvalue weighted by Gasteiger charge is -2.36. The molecule has 1 saturated heterocycles. The number of unbranched alkanes of at least 4 members (excludes halogenated alkanes) is 1. The smallest absolute Gasteiger partial charge is 0.0406 e. The average Bonchev–Trinajstić information content (AvgIpc) is 2.36. The summed E-state index contributed by atoms with van der Waals surface area (Å²) in [6.45, 7) is 5.59. The molecule has 0 bridgehead atoms. The van der Waals surface area contributed by atoms with Crippen molar-refractivity contribution < 1.29 is 0 Å². The molecular weight excluding hydrogens is 244 g/mol. The molecule has 0 amide bonds. The molecule has 0 spiro atoms. The molecule has 2 nitrogen and oxygen atoms in total. The molecule has 3 heteroatoms. The maximum Gasteiger partial charge on any atom is 0.0406 e. The largest absolute Gasteiger partial charge is 0.327 e. The monoisotopic (exact) mass is 266 g/mol. The van der Waals surface area contributed by atoms with Crippen LogP contribution in [0.2, 0.25) is 5.02 Å². The van der Waals surface area contributed by atoms with Crippen LogP contribution in [0.3, 0.4) is 0 Å². The summed E-state index contributed by atoms with van der Waals surface area (Å²) in [5.74, 6) is 0.558. The highest BCUT2D eigenvalue weighted by molar-refractivity contribution is 6.30. The summed E-state index contributed by atoms with van der Waals surface area (Å²) >= 11 is 5.94. The van der Waals surface area contributed by atoms with Crippen molar-refractivity contribution in [3.8, 4) is 0 Å². The summed E-state index contributed by atoms with van der Waals surface area (Å²) in [6, 6.07) is 8.55. The number of rotatable bonds is 4. The lowest BCUT2D eigenvalue weighted by Crippen LogP contribution is -2.46.